The number of fused-ring (bicyclic) bond motifs is 1. The van der Waals surface area contributed by atoms with Crippen molar-refractivity contribution in [1.82, 2.24) is 9.97 Å². The fraction of sp³-hybridized carbons (Fsp3) is 0.111. The first kappa shape index (κ1) is 14.1. The van der Waals surface area contributed by atoms with Crippen LogP contribution in [0.3, 0.4) is 0 Å². The van der Waals surface area contributed by atoms with Crippen molar-refractivity contribution in [2.24, 2.45) is 0 Å². The van der Waals surface area contributed by atoms with Crippen LogP contribution in [0.25, 0.3) is 23.2 Å². The zero-order valence-electron chi connectivity index (χ0n) is 12.5. The van der Waals surface area contributed by atoms with Gasteiger partial charge in [-0.05, 0) is 30.7 Å². The van der Waals surface area contributed by atoms with E-state index in [2.05, 4.69) is 29.0 Å². The van der Waals surface area contributed by atoms with E-state index in [1.807, 2.05) is 30.4 Å². The lowest BCUT2D eigenvalue weighted by Gasteiger charge is -1.98. The molecule has 0 radical (unpaired) electrons. The quantitative estimate of drug-likeness (QED) is 0.746. The molecule has 4 nitrogen and oxygen atoms in total. The molecule has 0 unspecified atom stereocenters. The first-order chi connectivity index (χ1) is 10.7. The molecule has 110 valence electrons. The van der Waals surface area contributed by atoms with Crippen molar-refractivity contribution in [2.75, 3.05) is 7.11 Å². The number of H-pyrrole nitrogens is 1. The number of esters is 1. The molecular formula is C18H16N2O2. The molecule has 0 bridgehead atoms. The number of nitrogens with one attached hydrogen (secondary N) is 1. The SMILES string of the molecule is COC(=O)c1cccc2[nH]c(/C=C/c3ccc(C)cc3)nc12. The highest BCUT2D eigenvalue weighted by atomic mass is 16.5. The molecule has 22 heavy (non-hydrogen) atoms. The number of nitrogens with zero attached hydrogens (tertiary/aromatic N) is 1. The fourth-order valence-electron chi connectivity index (χ4n) is 2.26. The van der Waals surface area contributed by atoms with Gasteiger partial charge in [-0.1, -0.05) is 42.0 Å². The van der Waals surface area contributed by atoms with Crippen LogP contribution >= 0.6 is 0 Å². The van der Waals surface area contributed by atoms with Crippen molar-refractivity contribution < 1.29 is 9.53 Å². The van der Waals surface area contributed by atoms with E-state index in [1.54, 1.807) is 12.1 Å². The van der Waals surface area contributed by atoms with E-state index in [-0.39, 0.29) is 5.97 Å². The minimum absolute atomic E-state index is 0.383. The minimum atomic E-state index is -0.383. The van der Waals surface area contributed by atoms with Crippen LogP contribution in [0.2, 0.25) is 0 Å². The highest BCUT2D eigenvalue weighted by molar-refractivity contribution is 6.02. The number of hydrogen-bond donors (Lipinski definition) is 1. The van der Waals surface area contributed by atoms with Crippen LogP contribution in [0.4, 0.5) is 0 Å². The maximum atomic E-state index is 11.8. The average Bonchev–Trinajstić information content (AvgIpc) is 2.96. The van der Waals surface area contributed by atoms with Gasteiger partial charge >= 0.3 is 5.97 Å². The van der Waals surface area contributed by atoms with Gasteiger partial charge in [0, 0.05) is 0 Å². The predicted octanol–water partition coefficient (Wildman–Crippen LogP) is 3.83. The van der Waals surface area contributed by atoms with Crippen LogP contribution in [0.1, 0.15) is 27.3 Å². The first-order valence-corrected chi connectivity index (χ1v) is 6.99. The predicted molar refractivity (Wildman–Crippen MR) is 87.5 cm³/mol. The van der Waals surface area contributed by atoms with Gasteiger partial charge in [0.1, 0.15) is 11.3 Å². The number of aromatic amines is 1. The monoisotopic (exact) mass is 292 g/mol. The highest BCUT2D eigenvalue weighted by Crippen LogP contribution is 2.18. The number of rotatable bonds is 3. The Morgan fingerprint density at radius 2 is 1.91 bits per heavy atom. The molecule has 0 aliphatic heterocycles. The smallest absolute Gasteiger partial charge is 0.340 e. The summed E-state index contributed by atoms with van der Waals surface area (Å²) < 4.78 is 4.78. The lowest BCUT2D eigenvalue weighted by molar-refractivity contribution is 0.0603. The van der Waals surface area contributed by atoms with Crippen LogP contribution in [-0.2, 0) is 4.74 Å². The topological polar surface area (TPSA) is 55.0 Å². The molecule has 1 N–H and O–H groups in total. The highest BCUT2D eigenvalue weighted by Gasteiger charge is 2.12. The van der Waals surface area contributed by atoms with Crippen LogP contribution in [0.5, 0.6) is 0 Å². The zero-order chi connectivity index (χ0) is 15.5. The van der Waals surface area contributed by atoms with Gasteiger partial charge in [-0.25, -0.2) is 9.78 Å². The molecule has 0 saturated carbocycles. The van der Waals surface area contributed by atoms with Gasteiger partial charge in [0.05, 0.1) is 18.2 Å². The molecule has 0 atom stereocenters. The molecule has 1 heterocycles. The minimum Gasteiger partial charge on any atom is -0.465 e. The van der Waals surface area contributed by atoms with Crippen molar-refractivity contribution in [3.63, 3.8) is 0 Å². The number of para-hydroxylation sites is 1. The largest absolute Gasteiger partial charge is 0.465 e. The van der Waals surface area contributed by atoms with E-state index in [0.29, 0.717) is 16.9 Å². The summed E-state index contributed by atoms with van der Waals surface area (Å²) in [4.78, 5) is 19.4. The summed E-state index contributed by atoms with van der Waals surface area (Å²) in [5.74, 6) is 0.318. The maximum absolute atomic E-state index is 11.8. The Labute approximate surface area is 128 Å². The van der Waals surface area contributed by atoms with E-state index in [1.165, 1.54) is 12.7 Å². The number of benzene rings is 2. The second-order valence-electron chi connectivity index (χ2n) is 5.06. The van der Waals surface area contributed by atoms with E-state index in [9.17, 15) is 4.79 Å². The maximum Gasteiger partial charge on any atom is 0.340 e. The van der Waals surface area contributed by atoms with E-state index < -0.39 is 0 Å². The lowest BCUT2D eigenvalue weighted by atomic mass is 10.1. The van der Waals surface area contributed by atoms with Gasteiger partial charge in [0.15, 0.2) is 0 Å². The first-order valence-electron chi connectivity index (χ1n) is 6.99. The molecule has 1 aromatic heterocycles. The normalized spacial score (nSPS) is 11.2. The Kier molecular flexibility index (Phi) is 3.74. The van der Waals surface area contributed by atoms with E-state index >= 15 is 0 Å². The summed E-state index contributed by atoms with van der Waals surface area (Å²) in [5, 5.41) is 0. The summed E-state index contributed by atoms with van der Waals surface area (Å²) in [6.45, 7) is 2.06. The number of carbonyl (C=O) groups excluding carboxylic acids is 1. The van der Waals surface area contributed by atoms with Crippen molar-refractivity contribution >= 4 is 29.2 Å². The van der Waals surface area contributed by atoms with Crippen LogP contribution in [0, 0.1) is 6.92 Å². The van der Waals surface area contributed by atoms with Gasteiger partial charge in [0.25, 0.3) is 0 Å². The molecule has 0 amide bonds. The number of aryl methyl sites for hydroxylation is 1. The fourth-order valence-corrected chi connectivity index (χ4v) is 2.26. The Morgan fingerprint density at radius 1 is 1.14 bits per heavy atom. The molecular weight excluding hydrogens is 276 g/mol. The molecule has 0 spiro atoms. The number of imidazole rings is 1. The summed E-state index contributed by atoms with van der Waals surface area (Å²) in [5.41, 5.74) is 4.22. The van der Waals surface area contributed by atoms with Crippen molar-refractivity contribution in [3.8, 4) is 0 Å². The third-order valence-corrected chi connectivity index (χ3v) is 3.45. The summed E-state index contributed by atoms with van der Waals surface area (Å²) >= 11 is 0. The number of hydrogen-bond acceptors (Lipinski definition) is 3. The molecule has 0 saturated heterocycles. The van der Waals surface area contributed by atoms with Gasteiger partial charge in [-0.2, -0.15) is 0 Å². The second-order valence-corrected chi connectivity index (χ2v) is 5.06. The summed E-state index contributed by atoms with van der Waals surface area (Å²) in [7, 11) is 1.37. The Morgan fingerprint density at radius 3 is 2.64 bits per heavy atom. The van der Waals surface area contributed by atoms with Crippen LogP contribution < -0.4 is 0 Å². The summed E-state index contributed by atoms with van der Waals surface area (Å²) in [6.07, 6.45) is 3.88. The van der Waals surface area contributed by atoms with Crippen LogP contribution in [0.15, 0.2) is 42.5 Å². The van der Waals surface area contributed by atoms with Crippen molar-refractivity contribution in [3.05, 3.63) is 65.0 Å². The van der Waals surface area contributed by atoms with Gasteiger partial charge in [0.2, 0.25) is 0 Å². The van der Waals surface area contributed by atoms with Gasteiger partial charge < -0.3 is 9.72 Å². The number of ether oxygens (including phenoxy) is 1. The van der Waals surface area contributed by atoms with Crippen molar-refractivity contribution in [2.45, 2.75) is 6.92 Å². The summed E-state index contributed by atoms with van der Waals surface area (Å²) in [6, 6.07) is 13.6. The Bertz CT molecular complexity index is 845. The standard InChI is InChI=1S/C18H16N2O2/c1-12-6-8-13(9-7-12)10-11-16-19-15-5-3-4-14(17(15)20-16)18(21)22-2/h3-11H,1-2H3,(H,19,20)/b11-10+. The zero-order valence-corrected chi connectivity index (χ0v) is 12.5. The molecule has 0 aliphatic rings. The molecule has 0 aliphatic carbocycles. The van der Waals surface area contributed by atoms with Gasteiger partial charge in [-0.15, -0.1) is 0 Å². The van der Waals surface area contributed by atoms with E-state index in [0.717, 1.165) is 11.1 Å². The third kappa shape index (κ3) is 2.76. The number of carbonyl (C=O) groups is 1. The average molecular weight is 292 g/mol. The van der Waals surface area contributed by atoms with E-state index in [4.69, 9.17) is 4.74 Å². The Balaban J connectivity index is 1.95. The molecule has 3 aromatic rings. The Hall–Kier alpha value is -2.88. The molecule has 3 rings (SSSR count). The van der Waals surface area contributed by atoms with Crippen molar-refractivity contribution in [1.29, 1.82) is 0 Å². The molecule has 2 aromatic carbocycles. The second kappa shape index (κ2) is 5.85. The van der Waals surface area contributed by atoms with Crippen LogP contribution in [-0.4, -0.2) is 23.0 Å². The van der Waals surface area contributed by atoms with Gasteiger partial charge in [-0.3, -0.25) is 0 Å². The molecule has 0 fully saturated rings. The molecule has 4 heteroatoms. The lowest BCUT2D eigenvalue weighted by Crippen LogP contribution is -2.01. The third-order valence-electron chi connectivity index (χ3n) is 3.45. The number of methoxy groups -OCH3 is 1. The number of aromatic nitrogens is 2.